The lowest BCUT2D eigenvalue weighted by molar-refractivity contribution is 0.174. The van der Waals surface area contributed by atoms with E-state index in [4.69, 9.17) is 9.47 Å². The van der Waals surface area contributed by atoms with Crippen LogP contribution >= 0.6 is 0 Å². The molecule has 0 aliphatic carbocycles. The van der Waals surface area contributed by atoms with Crippen molar-refractivity contribution in [2.45, 2.75) is 0 Å². The van der Waals surface area contributed by atoms with Gasteiger partial charge in [-0.1, -0.05) is 11.8 Å². The molecule has 2 amide bonds. The van der Waals surface area contributed by atoms with Crippen LogP contribution in [0.25, 0.3) is 0 Å². The van der Waals surface area contributed by atoms with Crippen molar-refractivity contribution in [2.24, 2.45) is 0 Å². The number of benzene rings is 2. The molecule has 0 saturated carbocycles. The maximum atomic E-state index is 11.9. The highest BCUT2D eigenvalue weighted by Crippen LogP contribution is 2.34. The fourth-order valence-electron chi connectivity index (χ4n) is 2.26. The van der Waals surface area contributed by atoms with E-state index >= 15 is 0 Å². The minimum Gasteiger partial charge on any atom is -0.454 e. The number of rotatable bonds is 3. The van der Waals surface area contributed by atoms with Crippen LogP contribution in [0.4, 0.5) is 16.2 Å². The zero-order valence-corrected chi connectivity index (χ0v) is 14.1. The van der Waals surface area contributed by atoms with E-state index in [0.29, 0.717) is 17.2 Å². The Morgan fingerprint density at radius 1 is 1.12 bits per heavy atom. The molecule has 6 heteroatoms. The van der Waals surface area contributed by atoms with Crippen LogP contribution in [0, 0.1) is 11.8 Å². The van der Waals surface area contributed by atoms with Crippen LogP contribution in [0.3, 0.4) is 0 Å². The maximum absolute atomic E-state index is 11.9. The van der Waals surface area contributed by atoms with Crippen molar-refractivity contribution >= 4 is 17.4 Å². The third-order valence-electron chi connectivity index (χ3n) is 3.58. The predicted molar refractivity (Wildman–Crippen MR) is 97.2 cm³/mol. The number of anilines is 2. The molecule has 0 radical (unpaired) electrons. The smallest absolute Gasteiger partial charge is 0.319 e. The first-order chi connectivity index (χ1) is 12.1. The Kier molecular flexibility index (Phi) is 4.95. The van der Waals surface area contributed by atoms with Crippen molar-refractivity contribution < 1.29 is 14.3 Å². The lowest BCUT2D eigenvalue weighted by Gasteiger charge is -2.11. The van der Waals surface area contributed by atoms with Gasteiger partial charge in [-0.05, 0) is 36.4 Å². The lowest BCUT2D eigenvalue weighted by Crippen LogP contribution is -2.28. The molecule has 6 nitrogen and oxygen atoms in total. The van der Waals surface area contributed by atoms with Crippen molar-refractivity contribution in [2.75, 3.05) is 37.6 Å². The number of ether oxygens (including phenoxy) is 2. The van der Waals surface area contributed by atoms with Gasteiger partial charge in [-0.25, -0.2) is 4.79 Å². The van der Waals surface area contributed by atoms with Crippen molar-refractivity contribution in [1.29, 1.82) is 0 Å². The summed E-state index contributed by atoms with van der Waals surface area (Å²) >= 11 is 0. The second-order valence-corrected chi connectivity index (χ2v) is 5.62. The molecule has 0 bridgehead atoms. The van der Waals surface area contributed by atoms with E-state index in [-0.39, 0.29) is 19.4 Å². The number of fused-ring (bicyclic) bond motifs is 1. The highest BCUT2D eigenvalue weighted by molar-refractivity contribution is 5.89. The molecule has 0 unspecified atom stereocenters. The largest absolute Gasteiger partial charge is 0.454 e. The predicted octanol–water partition coefficient (Wildman–Crippen LogP) is 2.65. The second kappa shape index (κ2) is 7.49. The van der Waals surface area contributed by atoms with Crippen LogP contribution in [-0.2, 0) is 0 Å². The van der Waals surface area contributed by atoms with Gasteiger partial charge in [-0.2, -0.15) is 0 Å². The van der Waals surface area contributed by atoms with Gasteiger partial charge in [0, 0.05) is 37.1 Å². The van der Waals surface area contributed by atoms with Crippen LogP contribution in [0.1, 0.15) is 5.56 Å². The van der Waals surface area contributed by atoms with Crippen LogP contribution in [-0.4, -0.2) is 33.5 Å². The van der Waals surface area contributed by atoms with E-state index in [9.17, 15) is 4.79 Å². The highest BCUT2D eigenvalue weighted by Gasteiger charge is 2.13. The van der Waals surface area contributed by atoms with Gasteiger partial charge in [0.2, 0.25) is 6.79 Å². The molecule has 2 N–H and O–H groups in total. The molecule has 0 saturated heterocycles. The number of carbonyl (C=O) groups excluding carboxylic acids is 1. The molecule has 0 atom stereocenters. The van der Waals surface area contributed by atoms with Gasteiger partial charge in [-0.15, -0.1) is 0 Å². The molecule has 0 aromatic heterocycles. The van der Waals surface area contributed by atoms with Crippen molar-refractivity contribution in [1.82, 2.24) is 5.32 Å². The number of nitrogens with zero attached hydrogens (tertiary/aromatic N) is 1. The molecule has 0 spiro atoms. The third kappa shape index (κ3) is 4.36. The monoisotopic (exact) mass is 337 g/mol. The van der Waals surface area contributed by atoms with E-state index in [0.717, 1.165) is 11.3 Å². The Hall–Kier alpha value is -3.33. The summed E-state index contributed by atoms with van der Waals surface area (Å²) < 4.78 is 10.5. The summed E-state index contributed by atoms with van der Waals surface area (Å²) in [5, 5.41) is 5.43. The van der Waals surface area contributed by atoms with Crippen LogP contribution < -0.4 is 25.0 Å². The third-order valence-corrected chi connectivity index (χ3v) is 3.58. The Morgan fingerprint density at radius 2 is 1.88 bits per heavy atom. The number of amides is 2. The van der Waals surface area contributed by atoms with E-state index < -0.39 is 0 Å². The van der Waals surface area contributed by atoms with Gasteiger partial charge in [0.25, 0.3) is 0 Å². The molecular formula is C19H19N3O3. The zero-order valence-electron chi connectivity index (χ0n) is 14.1. The van der Waals surface area contributed by atoms with Crippen LogP contribution in [0.5, 0.6) is 11.5 Å². The Labute approximate surface area is 146 Å². The van der Waals surface area contributed by atoms with Crippen molar-refractivity contribution in [3.63, 3.8) is 0 Å². The fourth-order valence-corrected chi connectivity index (χ4v) is 2.26. The Bertz CT molecular complexity index is 820. The van der Waals surface area contributed by atoms with Gasteiger partial charge in [0.1, 0.15) is 0 Å². The van der Waals surface area contributed by atoms with E-state index in [2.05, 4.69) is 22.5 Å². The average Bonchev–Trinajstić information content (AvgIpc) is 3.07. The van der Waals surface area contributed by atoms with Crippen molar-refractivity contribution in [3.8, 4) is 23.3 Å². The van der Waals surface area contributed by atoms with Gasteiger partial charge >= 0.3 is 6.03 Å². The molecule has 3 rings (SSSR count). The van der Waals surface area contributed by atoms with Gasteiger partial charge < -0.3 is 25.0 Å². The van der Waals surface area contributed by atoms with Crippen LogP contribution in [0.2, 0.25) is 0 Å². The fraction of sp³-hybridized carbons (Fsp3) is 0.211. The average molecular weight is 337 g/mol. The summed E-state index contributed by atoms with van der Waals surface area (Å²) in [6.45, 7) is 0.460. The summed E-state index contributed by atoms with van der Waals surface area (Å²) in [5.41, 5.74) is 2.66. The molecule has 1 aliphatic heterocycles. The number of nitrogens with one attached hydrogen (secondary N) is 2. The summed E-state index contributed by atoms with van der Waals surface area (Å²) in [5.74, 6) is 7.25. The number of urea groups is 1. The molecule has 0 fully saturated rings. The minimum atomic E-state index is -0.323. The number of hydrogen-bond acceptors (Lipinski definition) is 4. The summed E-state index contributed by atoms with van der Waals surface area (Å²) in [7, 11) is 3.98. The summed E-state index contributed by atoms with van der Waals surface area (Å²) in [6.07, 6.45) is 0. The Balaban J connectivity index is 1.48. The van der Waals surface area contributed by atoms with E-state index in [1.54, 1.807) is 18.2 Å². The molecule has 2 aromatic rings. The number of hydrogen-bond donors (Lipinski definition) is 2. The second-order valence-electron chi connectivity index (χ2n) is 5.62. The molecule has 25 heavy (non-hydrogen) atoms. The number of carbonyl (C=O) groups is 1. The molecule has 2 aromatic carbocycles. The maximum Gasteiger partial charge on any atom is 0.319 e. The van der Waals surface area contributed by atoms with Crippen molar-refractivity contribution in [3.05, 3.63) is 48.0 Å². The molecular weight excluding hydrogens is 318 g/mol. The van der Waals surface area contributed by atoms with Gasteiger partial charge in [-0.3, -0.25) is 0 Å². The highest BCUT2D eigenvalue weighted by atomic mass is 16.7. The van der Waals surface area contributed by atoms with Crippen LogP contribution in [0.15, 0.2) is 42.5 Å². The zero-order chi connectivity index (χ0) is 17.6. The Morgan fingerprint density at radius 3 is 2.64 bits per heavy atom. The summed E-state index contributed by atoms with van der Waals surface area (Å²) in [4.78, 5) is 13.9. The SMILES string of the molecule is CN(C)c1ccc(C#CCNC(=O)Nc2ccc3c(c2)OCO3)cc1. The lowest BCUT2D eigenvalue weighted by atomic mass is 10.2. The first-order valence-corrected chi connectivity index (χ1v) is 7.82. The van der Waals surface area contributed by atoms with E-state index in [1.807, 2.05) is 43.3 Å². The standard InChI is InChI=1S/C19H19N3O3/c1-22(2)16-8-5-14(6-9-16)4-3-11-20-19(23)21-15-7-10-17-18(12-15)25-13-24-17/h5-10,12H,11,13H2,1-2H3,(H2,20,21,23). The van der Waals surface area contributed by atoms with E-state index in [1.165, 1.54) is 0 Å². The first-order valence-electron chi connectivity index (χ1n) is 7.82. The first kappa shape index (κ1) is 16.5. The van der Waals surface area contributed by atoms with Gasteiger partial charge in [0.05, 0.1) is 6.54 Å². The van der Waals surface area contributed by atoms with Gasteiger partial charge in [0.15, 0.2) is 11.5 Å². The quantitative estimate of drug-likeness (QED) is 0.845. The molecule has 1 heterocycles. The molecule has 128 valence electrons. The summed E-state index contributed by atoms with van der Waals surface area (Å²) in [6, 6.07) is 12.8. The topological polar surface area (TPSA) is 62.8 Å². The minimum absolute atomic E-state index is 0.204. The molecule has 1 aliphatic rings. The normalized spacial score (nSPS) is 11.3.